The van der Waals surface area contributed by atoms with Crippen LogP contribution in [0.15, 0.2) is 36.4 Å². The third kappa shape index (κ3) is 2.69. The summed E-state index contributed by atoms with van der Waals surface area (Å²) in [5.74, 6) is 0. The minimum atomic E-state index is 0.454. The Hall–Kier alpha value is -1.08. The Kier molecular flexibility index (Phi) is 3.22. The van der Waals surface area contributed by atoms with Crippen molar-refractivity contribution in [2.75, 3.05) is 0 Å². The Balaban J connectivity index is 1.98. The average molecular weight is 201 g/mol. The first-order valence-electron chi connectivity index (χ1n) is 5.73. The molecule has 2 rings (SSSR count). The molecule has 1 nitrogen and oxygen atoms in total. The number of hydrogen-bond donors (Lipinski definition) is 1. The number of hydrogen-bond acceptors (Lipinski definition) is 1. The molecular formula is C14H19N. The first-order chi connectivity index (χ1) is 7.25. The molecule has 1 unspecified atom stereocenters. The van der Waals surface area contributed by atoms with Crippen molar-refractivity contribution >= 4 is 0 Å². The van der Waals surface area contributed by atoms with Crippen LogP contribution < -0.4 is 5.32 Å². The van der Waals surface area contributed by atoms with Gasteiger partial charge < -0.3 is 5.32 Å². The van der Waals surface area contributed by atoms with Crippen LogP contribution in [0.5, 0.6) is 0 Å². The van der Waals surface area contributed by atoms with E-state index in [0.29, 0.717) is 12.1 Å². The lowest BCUT2D eigenvalue weighted by atomic mass is 10.0. The maximum absolute atomic E-state index is 3.66. The van der Waals surface area contributed by atoms with Crippen LogP contribution >= 0.6 is 0 Å². The van der Waals surface area contributed by atoms with Gasteiger partial charge in [-0.25, -0.2) is 0 Å². The van der Waals surface area contributed by atoms with Crippen LogP contribution in [-0.2, 0) is 0 Å². The molecule has 0 radical (unpaired) electrons. The molecule has 80 valence electrons. The van der Waals surface area contributed by atoms with E-state index >= 15 is 0 Å². The lowest BCUT2D eigenvalue weighted by Gasteiger charge is -2.19. The van der Waals surface area contributed by atoms with Crippen LogP contribution in [-0.4, -0.2) is 6.04 Å². The van der Waals surface area contributed by atoms with E-state index in [4.69, 9.17) is 0 Å². The maximum atomic E-state index is 3.66. The van der Waals surface area contributed by atoms with Crippen molar-refractivity contribution in [2.24, 2.45) is 0 Å². The van der Waals surface area contributed by atoms with Crippen LogP contribution in [0.4, 0.5) is 0 Å². The van der Waals surface area contributed by atoms with Crippen LogP contribution in [0.25, 0.3) is 0 Å². The summed E-state index contributed by atoms with van der Waals surface area (Å²) in [4.78, 5) is 0. The molecule has 0 amide bonds. The van der Waals surface area contributed by atoms with Crippen molar-refractivity contribution in [1.29, 1.82) is 0 Å². The molecule has 1 atom stereocenters. The van der Waals surface area contributed by atoms with Gasteiger partial charge in [0.1, 0.15) is 0 Å². The number of rotatable bonds is 3. The van der Waals surface area contributed by atoms with Crippen LogP contribution in [0.1, 0.15) is 36.9 Å². The molecule has 1 aliphatic carbocycles. The SMILES string of the molecule is Cc1cccc(C(C)NC2CC=CC2)c1. The minimum absolute atomic E-state index is 0.454. The van der Waals surface area contributed by atoms with Gasteiger partial charge in [0.25, 0.3) is 0 Å². The van der Waals surface area contributed by atoms with E-state index < -0.39 is 0 Å². The van der Waals surface area contributed by atoms with Crippen molar-refractivity contribution < 1.29 is 0 Å². The number of aryl methyl sites for hydroxylation is 1. The summed E-state index contributed by atoms with van der Waals surface area (Å²) in [7, 11) is 0. The Morgan fingerprint density at radius 1 is 1.27 bits per heavy atom. The topological polar surface area (TPSA) is 12.0 Å². The molecule has 0 heterocycles. The zero-order valence-corrected chi connectivity index (χ0v) is 9.53. The van der Waals surface area contributed by atoms with E-state index in [2.05, 4.69) is 55.6 Å². The highest BCUT2D eigenvalue weighted by Gasteiger charge is 2.13. The highest BCUT2D eigenvalue weighted by Crippen LogP contribution is 2.18. The molecule has 15 heavy (non-hydrogen) atoms. The molecule has 0 fully saturated rings. The van der Waals surface area contributed by atoms with Crippen molar-refractivity contribution in [2.45, 2.75) is 38.8 Å². The second kappa shape index (κ2) is 4.63. The zero-order chi connectivity index (χ0) is 10.7. The lowest BCUT2D eigenvalue weighted by molar-refractivity contribution is 0.471. The molecule has 0 saturated heterocycles. The predicted octanol–water partition coefficient (Wildman–Crippen LogP) is 3.36. The summed E-state index contributed by atoms with van der Waals surface area (Å²) in [5.41, 5.74) is 2.73. The first kappa shape index (κ1) is 10.4. The molecule has 1 aromatic rings. The van der Waals surface area contributed by atoms with E-state index in [0.717, 1.165) is 0 Å². The normalized spacial score (nSPS) is 18.3. The molecule has 0 aromatic heterocycles. The van der Waals surface area contributed by atoms with Gasteiger partial charge in [0.2, 0.25) is 0 Å². The highest BCUT2D eigenvalue weighted by atomic mass is 14.9. The molecule has 0 bridgehead atoms. The standard InChI is InChI=1S/C14H19N/c1-11-6-5-7-13(10-11)12(2)15-14-8-3-4-9-14/h3-7,10,12,14-15H,8-9H2,1-2H3. The third-order valence-electron chi connectivity index (χ3n) is 3.04. The van der Waals surface area contributed by atoms with Crippen molar-refractivity contribution in [3.05, 3.63) is 47.5 Å². The van der Waals surface area contributed by atoms with Gasteiger partial charge >= 0.3 is 0 Å². The molecule has 0 spiro atoms. The van der Waals surface area contributed by atoms with Gasteiger partial charge in [0.05, 0.1) is 0 Å². The summed E-state index contributed by atoms with van der Waals surface area (Å²) in [6, 6.07) is 9.84. The van der Waals surface area contributed by atoms with Crippen LogP contribution in [0, 0.1) is 6.92 Å². The van der Waals surface area contributed by atoms with E-state index in [9.17, 15) is 0 Å². The van der Waals surface area contributed by atoms with Gasteiger partial charge in [-0.1, -0.05) is 42.0 Å². The summed E-state index contributed by atoms with van der Waals surface area (Å²) in [6.07, 6.45) is 6.88. The van der Waals surface area contributed by atoms with Gasteiger partial charge in [0.15, 0.2) is 0 Å². The highest BCUT2D eigenvalue weighted by molar-refractivity contribution is 5.24. The van der Waals surface area contributed by atoms with Crippen LogP contribution in [0.3, 0.4) is 0 Å². The van der Waals surface area contributed by atoms with Gasteiger partial charge in [-0.15, -0.1) is 0 Å². The molecule has 1 N–H and O–H groups in total. The van der Waals surface area contributed by atoms with Gasteiger partial charge in [-0.2, -0.15) is 0 Å². The summed E-state index contributed by atoms with van der Waals surface area (Å²) >= 11 is 0. The summed E-state index contributed by atoms with van der Waals surface area (Å²) < 4.78 is 0. The lowest BCUT2D eigenvalue weighted by Crippen LogP contribution is -2.29. The average Bonchev–Trinajstić information content (AvgIpc) is 2.70. The van der Waals surface area contributed by atoms with Gasteiger partial charge in [-0.3, -0.25) is 0 Å². The van der Waals surface area contributed by atoms with E-state index in [1.165, 1.54) is 24.0 Å². The summed E-state index contributed by atoms with van der Waals surface area (Å²) in [6.45, 7) is 4.39. The van der Waals surface area contributed by atoms with Crippen molar-refractivity contribution in [3.8, 4) is 0 Å². The smallest absolute Gasteiger partial charge is 0.0294 e. The van der Waals surface area contributed by atoms with Crippen molar-refractivity contribution in [3.63, 3.8) is 0 Å². The van der Waals surface area contributed by atoms with E-state index in [1.54, 1.807) is 0 Å². The Bertz CT molecular complexity index is 346. The molecule has 0 aliphatic heterocycles. The number of benzene rings is 1. The predicted molar refractivity (Wildman–Crippen MR) is 64.9 cm³/mol. The fraction of sp³-hybridized carbons (Fsp3) is 0.429. The zero-order valence-electron chi connectivity index (χ0n) is 9.53. The molecular weight excluding hydrogens is 182 g/mol. The van der Waals surface area contributed by atoms with E-state index in [-0.39, 0.29) is 0 Å². The fourth-order valence-corrected chi connectivity index (χ4v) is 2.14. The Labute approximate surface area is 92.2 Å². The second-order valence-corrected chi connectivity index (χ2v) is 4.44. The van der Waals surface area contributed by atoms with Gasteiger partial charge in [0, 0.05) is 12.1 Å². The minimum Gasteiger partial charge on any atom is -0.307 e. The fourth-order valence-electron chi connectivity index (χ4n) is 2.14. The quantitative estimate of drug-likeness (QED) is 0.739. The Morgan fingerprint density at radius 3 is 2.67 bits per heavy atom. The molecule has 0 saturated carbocycles. The van der Waals surface area contributed by atoms with E-state index in [1.807, 2.05) is 0 Å². The van der Waals surface area contributed by atoms with Crippen molar-refractivity contribution in [1.82, 2.24) is 5.32 Å². The monoisotopic (exact) mass is 201 g/mol. The Morgan fingerprint density at radius 2 is 2.00 bits per heavy atom. The molecule has 1 aromatic carbocycles. The number of nitrogens with one attached hydrogen (secondary N) is 1. The molecule has 1 heteroatoms. The van der Waals surface area contributed by atoms with Gasteiger partial charge in [-0.05, 0) is 32.3 Å². The van der Waals surface area contributed by atoms with Crippen LogP contribution in [0.2, 0.25) is 0 Å². The first-order valence-corrected chi connectivity index (χ1v) is 5.73. The maximum Gasteiger partial charge on any atom is 0.0294 e. The third-order valence-corrected chi connectivity index (χ3v) is 3.04. The molecule has 1 aliphatic rings. The largest absolute Gasteiger partial charge is 0.307 e. The second-order valence-electron chi connectivity index (χ2n) is 4.44. The summed E-state index contributed by atoms with van der Waals surface area (Å²) in [5, 5.41) is 3.66.